The number of likely N-dealkylation sites (N-methyl/N-ethyl adjacent to an activating group) is 1. The van der Waals surface area contributed by atoms with Crippen molar-refractivity contribution in [3.8, 4) is 0 Å². The molecule has 0 heterocycles. The molecule has 0 aliphatic rings. The number of benzene rings is 1. The molecule has 1 rings (SSSR count). The van der Waals surface area contributed by atoms with E-state index in [1.807, 2.05) is 0 Å². The number of aliphatic hydroxyl groups excluding tert-OH is 1. The van der Waals surface area contributed by atoms with Crippen LogP contribution in [0.15, 0.2) is 18.2 Å². The van der Waals surface area contributed by atoms with Gasteiger partial charge in [-0.15, -0.1) is 0 Å². The normalized spacial score (nSPS) is 10.3. The van der Waals surface area contributed by atoms with Gasteiger partial charge in [-0.25, -0.2) is 4.39 Å². The smallest absolute Gasteiger partial charge is 0.256 e. The van der Waals surface area contributed by atoms with Gasteiger partial charge in [0.05, 0.1) is 12.2 Å². The standard InChI is InChI=1S/C13H19FN2O2/c1-4-16(7-8-17)13(18)11-6-5-10(15(2)3)9-12(11)14/h5-6,9,17H,4,7-8H2,1-3H3. The molecule has 1 aromatic carbocycles. The molecule has 0 saturated carbocycles. The Labute approximate surface area is 107 Å². The van der Waals surface area contributed by atoms with E-state index in [1.165, 1.54) is 17.0 Å². The fourth-order valence-electron chi connectivity index (χ4n) is 1.65. The summed E-state index contributed by atoms with van der Waals surface area (Å²) in [4.78, 5) is 15.2. The Hall–Kier alpha value is -1.62. The van der Waals surface area contributed by atoms with E-state index in [4.69, 9.17) is 5.11 Å². The van der Waals surface area contributed by atoms with E-state index in [-0.39, 0.29) is 18.7 Å². The first-order valence-corrected chi connectivity index (χ1v) is 5.88. The van der Waals surface area contributed by atoms with Crippen molar-refractivity contribution in [1.29, 1.82) is 0 Å². The van der Waals surface area contributed by atoms with Crippen molar-refractivity contribution in [1.82, 2.24) is 4.90 Å². The van der Waals surface area contributed by atoms with Gasteiger partial charge in [0, 0.05) is 32.9 Å². The van der Waals surface area contributed by atoms with E-state index in [9.17, 15) is 9.18 Å². The highest BCUT2D eigenvalue weighted by Crippen LogP contribution is 2.18. The molecule has 0 bridgehead atoms. The van der Waals surface area contributed by atoms with Crippen LogP contribution in [0.5, 0.6) is 0 Å². The number of amides is 1. The maximum atomic E-state index is 13.9. The average Bonchev–Trinajstić information content (AvgIpc) is 2.34. The third kappa shape index (κ3) is 3.20. The lowest BCUT2D eigenvalue weighted by Gasteiger charge is -2.20. The minimum Gasteiger partial charge on any atom is -0.395 e. The van der Waals surface area contributed by atoms with Gasteiger partial charge in [-0.05, 0) is 25.1 Å². The van der Waals surface area contributed by atoms with Crippen molar-refractivity contribution in [2.24, 2.45) is 0 Å². The molecule has 18 heavy (non-hydrogen) atoms. The first-order chi connectivity index (χ1) is 8.51. The van der Waals surface area contributed by atoms with Crippen LogP contribution in [0.1, 0.15) is 17.3 Å². The summed E-state index contributed by atoms with van der Waals surface area (Å²) in [6, 6.07) is 4.51. The van der Waals surface area contributed by atoms with Crippen LogP contribution in [0.2, 0.25) is 0 Å². The van der Waals surface area contributed by atoms with Crippen LogP contribution in [0.25, 0.3) is 0 Å². The molecule has 0 saturated heterocycles. The summed E-state index contributed by atoms with van der Waals surface area (Å²) in [5, 5.41) is 8.86. The van der Waals surface area contributed by atoms with Crippen LogP contribution >= 0.6 is 0 Å². The van der Waals surface area contributed by atoms with Crippen LogP contribution in [0.4, 0.5) is 10.1 Å². The van der Waals surface area contributed by atoms with Crippen molar-refractivity contribution in [2.45, 2.75) is 6.92 Å². The number of carbonyl (C=O) groups excluding carboxylic acids is 1. The Morgan fingerprint density at radius 3 is 2.50 bits per heavy atom. The van der Waals surface area contributed by atoms with Crippen molar-refractivity contribution in [3.05, 3.63) is 29.6 Å². The lowest BCUT2D eigenvalue weighted by atomic mass is 10.1. The second-order valence-corrected chi connectivity index (χ2v) is 4.17. The van der Waals surface area contributed by atoms with E-state index in [0.29, 0.717) is 12.2 Å². The van der Waals surface area contributed by atoms with Crippen LogP contribution in [-0.4, -0.2) is 49.7 Å². The average molecular weight is 254 g/mol. The van der Waals surface area contributed by atoms with Crippen LogP contribution in [0, 0.1) is 5.82 Å². The number of hydrogen-bond donors (Lipinski definition) is 1. The first kappa shape index (κ1) is 14.4. The summed E-state index contributed by atoms with van der Waals surface area (Å²) in [7, 11) is 3.61. The SMILES string of the molecule is CCN(CCO)C(=O)c1ccc(N(C)C)cc1F. The molecular weight excluding hydrogens is 235 g/mol. The molecule has 100 valence electrons. The van der Waals surface area contributed by atoms with Gasteiger partial charge < -0.3 is 14.9 Å². The molecule has 1 amide bonds. The highest BCUT2D eigenvalue weighted by Gasteiger charge is 2.18. The third-order valence-electron chi connectivity index (χ3n) is 2.74. The van der Waals surface area contributed by atoms with Crippen LogP contribution in [-0.2, 0) is 0 Å². The van der Waals surface area contributed by atoms with Gasteiger partial charge in [-0.2, -0.15) is 0 Å². The Morgan fingerprint density at radius 1 is 1.39 bits per heavy atom. The number of halogens is 1. The summed E-state index contributed by atoms with van der Waals surface area (Å²) in [5.74, 6) is -0.933. The van der Waals surface area contributed by atoms with Crippen molar-refractivity contribution < 1.29 is 14.3 Å². The Kier molecular flexibility index (Phi) is 5.09. The number of hydrogen-bond acceptors (Lipinski definition) is 3. The number of anilines is 1. The van der Waals surface area contributed by atoms with Gasteiger partial charge in [-0.3, -0.25) is 4.79 Å². The lowest BCUT2D eigenvalue weighted by Crippen LogP contribution is -2.33. The monoisotopic (exact) mass is 254 g/mol. The minimum absolute atomic E-state index is 0.0379. The molecule has 0 atom stereocenters. The zero-order chi connectivity index (χ0) is 13.7. The third-order valence-corrected chi connectivity index (χ3v) is 2.74. The van der Waals surface area contributed by atoms with E-state index in [1.54, 1.807) is 32.0 Å². The van der Waals surface area contributed by atoms with Crippen LogP contribution in [0.3, 0.4) is 0 Å². The summed E-state index contributed by atoms with van der Waals surface area (Å²) >= 11 is 0. The van der Waals surface area contributed by atoms with Gasteiger partial charge >= 0.3 is 0 Å². The molecular formula is C13H19FN2O2. The van der Waals surface area contributed by atoms with Crippen molar-refractivity contribution in [2.75, 3.05) is 38.7 Å². The largest absolute Gasteiger partial charge is 0.395 e. The Bertz CT molecular complexity index is 421. The van der Waals surface area contributed by atoms with E-state index in [2.05, 4.69) is 0 Å². The van der Waals surface area contributed by atoms with Gasteiger partial charge in [0.15, 0.2) is 0 Å². The van der Waals surface area contributed by atoms with Gasteiger partial charge in [0.1, 0.15) is 5.82 Å². The molecule has 4 nitrogen and oxygen atoms in total. The second-order valence-electron chi connectivity index (χ2n) is 4.17. The molecule has 0 fully saturated rings. The predicted molar refractivity (Wildman–Crippen MR) is 69.4 cm³/mol. The molecule has 0 unspecified atom stereocenters. The van der Waals surface area contributed by atoms with Gasteiger partial charge in [0.25, 0.3) is 5.91 Å². The maximum absolute atomic E-state index is 13.9. The number of nitrogens with zero attached hydrogens (tertiary/aromatic N) is 2. The Morgan fingerprint density at radius 2 is 2.06 bits per heavy atom. The molecule has 0 aliphatic heterocycles. The maximum Gasteiger partial charge on any atom is 0.256 e. The zero-order valence-electron chi connectivity index (χ0n) is 11.0. The molecule has 0 aromatic heterocycles. The molecule has 5 heteroatoms. The van der Waals surface area contributed by atoms with E-state index < -0.39 is 11.7 Å². The number of aliphatic hydroxyl groups is 1. The molecule has 0 spiro atoms. The number of rotatable bonds is 5. The highest BCUT2D eigenvalue weighted by atomic mass is 19.1. The van der Waals surface area contributed by atoms with E-state index >= 15 is 0 Å². The predicted octanol–water partition coefficient (Wildman–Crippen LogP) is 1.35. The molecule has 0 aliphatic carbocycles. The quantitative estimate of drug-likeness (QED) is 0.862. The second kappa shape index (κ2) is 6.35. The lowest BCUT2D eigenvalue weighted by molar-refractivity contribution is 0.0727. The van der Waals surface area contributed by atoms with Crippen molar-refractivity contribution in [3.63, 3.8) is 0 Å². The van der Waals surface area contributed by atoms with Gasteiger partial charge in [-0.1, -0.05) is 0 Å². The summed E-state index contributed by atoms with van der Waals surface area (Å²) in [6.45, 7) is 2.31. The topological polar surface area (TPSA) is 43.8 Å². The molecule has 1 N–H and O–H groups in total. The fourth-order valence-corrected chi connectivity index (χ4v) is 1.65. The minimum atomic E-state index is -0.539. The summed E-state index contributed by atoms with van der Waals surface area (Å²) < 4.78 is 13.9. The van der Waals surface area contributed by atoms with Gasteiger partial charge in [0.2, 0.25) is 0 Å². The number of carbonyl (C=O) groups is 1. The first-order valence-electron chi connectivity index (χ1n) is 5.88. The summed E-state index contributed by atoms with van der Waals surface area (Å²) in [5.41, 5.74) is 0.741. The van der Waals surface area contributed by atoms with Crippen molar-refractivity contribution >= 4 is 11.6 Å². The Balaban J connectivity index is 2.99. The zero-order valence-corrected chi connectivity index (χ0v) is 11.0. The van der Waals surface area contributed by atoms with E-state index in [0.717, 1.165) is 0 Å². The highest BCUT2D eigenvalue weighted by molar-refractivity contribution is 5.94. The molecule has 0 radical (unpaired) electrons. The fraction of sp³-hybridized carbons (Fsp3) is 0.462. The van der Waals surface area contributed by atoms with Crippen LogP contribution < -0.4 is 4.90 Å². The summed E-state index contributed by atoms with van der Waals surface area (Å²) in [6.07, 6.45) is 0. The molecule has 1 aromatic rings.